The molecule has 0 fully saturated rings. The van der Waals surface area contributed by atoms with Gasteiger partial charge in [0.2, 0.25) is 0 Å². The van der Waals surface area contributed by atoms with Gasteiger partial charge in [-0.3, -0.25) is 4.90 Å². The lowest BCUT2D eigenvalue weighted by molar-refractivity contribution is 0.198. The minimum Gasteiger partial charge on any atom is -0.494 e. The first kappa shape index (κ1) is 21.4. The highest BCUT2D eigenvalue weighted by molar-refractivity contribution is 5.97. The largest absolute Gasteiger partial charge is 0.494 e. The van der Waals surface area contributed by atoms with E-state index in [-0.39, 0.29) is 12.1 Å². The molecular weight excluding hydrogens is 410 g/mol. The lowest BCUT2D eigenvalue weighted by Crippen LogP contribution is -2.53. The van der Waals surface area contributed by atoms with Gasteiger partial charge in [0.25, 0.3) is 0 Å². The maximum absolute atomic E-state index is 13.7. The number of urea groups is 1. The van der Waals surface area contributed by atoms with Crippen molar-refractivity contribution in [2.45, 2.75) is 39.4 Å². The van der Waals surface area contributed by atoms with E-state index >= 15 is 0 Å². The fourth-order valence-corrected chi connectivity index (χ4v) is 4.96. The molecule has 0 radical (unpaired) electrons. The fraction of sp³-hybridized carbons (Fsp3) is 0.321. The van der Waals surface area contributed by atoms with E-state index in [1.54, 1.807) is 0 Å². The second kappa shape index (κ2) is 9.18. The summed E-state index contributed by atoms with van der Waals surface area (Å²) >= 11 is 0. The molecule has 0 aromatic heterocycles. The van der Waals surface area contributed by atoms with Gasteiger partial charge in [0, 0.05) is 32.2 Å². The Kier molecular flexibility index (Phi) is 5.95. The summed E-state index contributed by atoms with van der Waals surface area (Å²) in [5.41, 5.74) is 5.88. The lowest BCUT2D eigenvalue weighted by Gasteiger charge is -2.44. The van der Waals surface area contributed by atoms with Crippen molar-refractivity contribution < 1.29 is 9.53 Å². The highest BCUT2D eigenvalue weighted by Gasteiger charge is 2.34. The van der Waals surface area contributed by atoms with Crippen LogP contribution >= 0.6 is 0 Å². The van der Waals surface area contributed by atoms with Crippen LogP contribution in [-0.4, -0.2) is 36.7 Å². The van der Waals surface area contributed by atoms with Crippen LogP contribution in [0, 0.1) is 0 Å². The Hall–Kier alpha value is -3.47. The summed E-state index contributed by atoms with van der Waals surface area (Å²) < 4.78 is 5.69. The van der Waals surface area contributed by atoms with Crippen molar-refractivity contribution in [2.24, 2.45) is 0 Å². The van der Waals surface area contributed by atoms with Crippen LogP contribution in [-0.2, 0) is 19.5 Å². The minimum atomic E-state index is 0.0844. The van der Waals surface area contributed by atoms with Crippen molar-refractivity contribution >= 4 is 17.4 Å². The predicted octanol–water partition coefficient (Wildman–Crippen LogP) is 5.48. The summed E-state index contributed by atoms with van der Waals surface area (Å²) in [5, 5.41) is 0. The molecule has 3 aromatic rings. The zero-order valence-corrected chi connectivity index (χ0v) is 19.4. The minimum absolute atomic E-state index is 0.0844. The van der Waals surface area contributed by atoms with Crippen LogP contribution in [0.3, 0.4) is 0 Å². The van der Waals surface area contributed by atoms with Crippen molar-refractivity contribution in [3.63, 3.8) is 0 Å². The molecule has 0 saturated heterocycles. The molecule has 3 aromatic carbocycles. The Morgan fingerprint density at radius 2 is 1.73 bits per heavy atom. The van der Waals surface area contributed by atoms with Gasteiger partial charge >= 0.3 is 6.03 Å². The van der Waals surface area contributed by atoms with Crippen molar-refractivity contribution in [2.75, 3.05) is 29.5 Å². The first-order valence-electron chi connectivity index (χ1n) is 11.8. The van der Waals surface area contributed by atoms with Crippen molar-refractivity contribution in [3.05, 3.63) is 89.5 Å². The van der Waals surface area contributed by atoms with Gasteiger partial charge < -0.3 is 14.5 Å². The number of para-hydroxylation sites is 2. The first-order valence-corrected chi connectivity index (χ1v) is 11.8. The Bertz CT molecular complexity index is 1130. The van der Waals surface area contributed by atoms with Gasteiger partial charge in [0.05, 0.1) is 18.0 Å². The van der Waals surface area contributed by atoms with Crippen LogP contribution in [0.4, 0.5) is 16.2 Å². The molecule has 170 valence electrons. The van der Waals surface area contributed by atoms with E-state index in [9.17, 15) is 4.79 Å². The molecule has 1 unspecified atom stereocenters. The molecule has 5 rings (SSSR count). The zero-order valence-electron chi connectivity index (χ0n) is 19.4. The maximum atomic E-state index is 13.7. The molecule has 33 heavy (non-hydrogen) atoms. The van der Waals surface area contributed by atoms with Gasteiger partial charge in [0.1, 0.15) is 5.75 Å². The number of carbonyl (C=O) groups is 1. The monoisotopic (exact) mass is 441 g/mol. The molecule has 0 spiro atoms. The number of nitrogens with zero attached hydrogens (tertiary/aromatic N) is 3. The molecule has 5 heteroatoms. The van der Waals surface area contributed by atoms with Crippen LogP contribution in [0.2, 0.25) is 0 Å². The van der Waals surface area contributed by atoms with Gasteiger partial charge in [-0.15, -0.1) is 0 Å². The highest BCUT2D eigenvalue weighted by atomic mass is 16.5. The maximum Gasteiger partial charge on any atom is 0.324 e. The summed E-state index contributed by atoms with van der Waals surface area (Å²) in [7, 11) is 0. The summed E-state index contributed by atoms with van der Waals surface area (Å²) in [5.74, 6) is 0.874. The molecule has 5 nitrogen and oxygen atoms in total. The van der Waals surface area contributed by atoms with Gasteiger partial charge in [0.15, 0.2) is 0 Å². The number of benzene rings is 3. The van der Waals surface area contributed by atoms with Crippen LogP contribution < -0.4 is 14.5 Å². The lowest BCUT2D eigenvalue weighted by atomic mass is 9.99. The standard InChI is InChI=1S/C28H31N3O2/c1-3-33-25-14-13-23-15-16-29(20-24(23)17-25)28(32)31-18-21(2)30(19-22-9-5-4-6-10-22)26-11-7-8-12-27(26)31/h4-14,17,21H,3,15-16,18-20H2,1-2H3. The molecule has 0 bridgehead atoms. The smallest absolute Gasteiger partial charge is 0.324 e. The molecule has 2 aliphatic heterocycles. The second-order valence-corrected chi connectivity index (χ2v) is 8.88. The van der Waals surface area contributed by atoms with E-state index in [4.69, 9.17) is 4.74 Å². The third kappa shape index (κ3) is 4.28. The normalized spacial score (nSPS) is 17.4. The third-order valence-corrected chi connectivity index (χ3v) is 6.66. The molecule has 2 heterocycles. The second-order valence-electron chi connectivity index (χ2n) is 8.88. The first-order chi connectivity index (χ1) is 16.1. The molecule has 1 atom stereocenters. The van der Waals surface area contributed by atoms with E-state index in [1.807, 2.05) is 34.9 Å². The summed E-state index contributed by atoms with van der Waals surface area (Å²) in [6, 6.07) is 25.4. The van der Waals surface area contributed by atoms with Gasteiger partial charge in [-0.05, 0) is 61.2 Å². The highest BCUT2D eigenvalue weighted by Crippen LogP contribution is 2.37. The number of fused-ring (bicyclic) bond motifs is 2. The number of rotatable bonds is 4. The summed E-state index contributed by atoms with van der Waals surface area (Å²) in [4.78, 5) is 20.1. The quantitative estimate of drug-likeness (QED) is 0.538. The Labute approximate surface area is 196 Å². The number of hydrogen-bond acceptors (Lipinski definition) is 3. The average Bonchev–Trinajstić information content (AvgIpc) is 2.85. The topological polar surface area (TPSA) is 36.0 Å². The number of carbonyl (C=O) groups excluding carboxylic acids is 1. The SMILES string of the molecule is CCOc1ccc2c(c1)CN(C(=O)N1CC(C)N(Cc3ccccc3)c3ccccc31)CC2. The van der Waals surface area contributed by atoms with E-state index in [1.165, 1.54) is 16.7 Å². The molecular formula is C28H31N3O2. The van der Waals surface area contributed by atoms with E-state index in [2.05, 4.69) is 66.4 Å². The number of anilines is 2. The number of amides is 2. The van der Waals surface area contributed by atoms with Crippen molar-refractivity contribution in [3.8, 4) is 5.75 Å². The van der Waals surface area contributed by atoms with Crippen LogP contribution in [0.25, 0.3) is 0 Å². The number of hydrogen-bond donors (Lipinski definition) is 0. The Balaban J connectivity index is 1.39. The van der Waals surface area contributed by atoms with Gasteiger partial charge in [-0.25, -0.2) is 4.79 Å². The molecule has 0 aliphatic carbocycles. The van der Waals surface area contributed by atoms with Crippen LogP contribution in [0.15, 0.2) is 72.8 Å². The summed E-state index contributed by atoms with van der Waals surface area (Å²) in [6.07, 6.45) is 0.874. The summed E-state index contributed by atoms with van der Waals surface area (Å²) in [6.45, 7) is 7.70. The Morgan fingerprint density at radius 3 is 2.52 bits per heavy atom. The third-order valence-electron chi connectivity index (χ3n) is 6.66. The van der Waals surface area contributed by atoms with Gasteiger partial charge in [-0.1, -0.05) is 48.5 Å². The van der Waals surface area contributed by atoms with Crippen molar-refractivity contribution in [1.29, 1.82) is 0 Å². The number of ether oxygens (including phenoxy) is 1. The average molecular weight is 442 g/mol. The zero-order chi connectivity index (χ0) is 22.8. The Morgan fingerprint density at radius 1 is 0.970 bits per heavy atom. The molecule has 2 amide bonds. The predicted molar refractivity (Wildman–Crippen MR) is 133 cm³/mol. The van der Waals surface area contributed by atoms with Gasteiger partial charge in [-0.2, -0.15) is 0 Å². The molecule has 0 N–H and O–H groups in total. The van der Waals surface area contributed by atoms with E-state index in [0.29, 0.717) is 19.7 Å². The molecule has 0 saturated carbocycles. The van der Waals surface area contributed by atoms with Crippen LogP contribution in [0.5, 0.6) is 5.75 Å². The molecule has 2 aliphatic rings. The van der Waals surface area contributed by atoms with Crippen LogP contribution in [0.1, 0.15) is 30.5 Å². The van der Waals surface area contributed by atoms with E-state index < -0.39 is 0 Å². The van der Waals surface area contributed by atoms with Crippen molar-refractivity contribution in [1.82, 2.24) is 4.90 Å². The fourth-order valence-electron chi connectivity index (χ4n) is 4.96. The van der Waals surface area contributed by atoms with E-state index in [0.717, 1.165) is 36.6 Å².